The number of hydrogen-bond donors (Lipinski definition) is 3. The molecule has 0 bridgehead atoms. The van der Waals surface area contributed by atoms with Crippen LogP contribution in [0, 0.1) is 5.82 Å². The lowest BCUT2D eigenvalue weighted by molar-refractivity contribution is -0.192. The van der Waals surface area contributed by atoms with Crippen LogP contribution in [0.4, 0.5) is 17.6 Å². The third-order valence-corrected chi connectivity index (χ3v) is 5.11. The Labute approximate surface area is 188 Å². The highest BCUT2D eigenvalue weighted by molar-refractivity contribution is 5.83. The van der Waals surface area contributed by atoms with Crippen molar-refractivity contribution in [2.75, 3.05) is 6.61 Å². The first-order valence-electron chi connectivity index (χ1n) is 9.86. The molecular weight excluding hydrogens is 460 g/mol. The van der Waals surface area contributed by atoms with E-state index in [1.807, 2.05) is 12.1 Å². The molecule has 1 aliphatic rings. The highest BCUT2D eigenvalue weighted by atomic mass is 19.4. The van der Waals surface area contributed by atoms with Crippen LogP contribution < -0.4 is 10.3 Å². The number of hydrogen-bond acceptors (Lipinski definition) is 5. The Balaban J connectivity index is 0.000000344. The second-order valence-corrected chi connectivity index (χ2v) is 7.44. The fraction of sp³-hybridized carbons (Fsp3) is 0.182. The summed E-state index contributed by atoms with van der Waals surface area (Å²) in [5.74, 6) is -1.96. The van der Waals surface area contributed by atoms with E-state index in [4.69, 9.17) is 14.6 Å². The van der Waals surface area contributed by atoms with Crippen molar-refractivity contribution in [3.8, 4) is 16.9 Å². The fourth-order valence-electron chi connectivity index (χ4n) is 3.48. The number of H-pyrrole nitrogens is 2. The molecule has 3 heterocycles. The van der Waals surface area contributed by atoms with Crippen LogP contribution in [0.3, 0.4) is 0 Å². The zero-order valence-electron chi connectivity index (χ0n) is 17.2. The van der Waals surface area contributed by atoms with Crippen molar-refractivity contribution in [2.45, 2.75) is 18.5 Å². The molecule has 3 N–H and O–H groups in total. The SMILES string of the molecule is O=C(O)C(F)(F)F.O=c1[nH]c(C2COc3ccc(F)cc3C2)nc2ccc(-c3cn[nH]c3)cc12. The number of halogens is 4. The van der Waals surface area contributed by atoms with Crippen LogP contribution in [-0.4, -0.2) is 44.0 Å². The molecule has 34 heavy (non-hydrogen) atoms. The number of nitrogens with one attached hydrogen (secondary N) is 2. The van der Waals surface area contributed by atoms with Gasteiger partial charge in [0.15, 0.2) is 0 Å². The smallest absolute Gasteiger partial charge is 0.490 e. The van der Waals surface area contributed by atoms with Gasteiger partial charge in [-0.3, -0.25) is 9.89 Å². The predicted octanol–water partition coefficient (Wildman–Crippen LogP) is 3.80. The van der Waals surface area contributed by atoms with Crippen LogP contribution in [0.15, 0.2) is 53.6 Å². The zero-order valence-corrected chi connectivity index (χ0v) is 17.2. The molecule has 8 nitrogen and oxygen atoms in total. The van der Waals surface area contributed by atoms with Gasteiger partial charge >= 0.3 is 12.1 Å². The summed E-state index contributed by atoms with van der Waals surface area (Å²) in [7, 11) is 0. The minimum atomic E-state index is -5.08. The summed E-state index contributed by atoms with van der Waals surface area (Å²) >= 11 is 0. The fourth-order valence-corrected chi connectivity index (χ4v) is 3.48. The quantitative estimate of drug-likeness (QED) is 0.379. The molecule has 0 aliphatic carbocycles. The standard InChI is InChI=1S/C20H15FN4O2.C2HF3O2/c21-15-2-4-18-12(6-15)5-13(10-27-18)19-24-17-3-1-11(14-8-22-23-9-14)7-16(17)20(26)25-19;3-2(4,5)1(6)7/h1-4,6-9,13H,5,10H2,(H,22,23)(H,24,25,26);(H,6,7). The first-order chi connectivity index (χ1) is 16.1. The third-order valence-electron chi connectivity index (χ3n) is 5.11. The van der Waals surface area contributed by atoms with Crippen molar-refractivity contribution in [3.05, 3.63) is 76.4 Å². The molecule has 12 heteroatoms. The van der Waals surface area contributed by atoms with Gasteiger partial charge in [-0.05, 0) is 47.9 Å². The molecule has 5 rings (SSSR count). The summed E-state index contributed by atoms with van der Waals surface area (Å²) in [6.07, 6.45) is -1.05. The summed E-state index contributed by atoms with van der Waals surface area (Å²) in [6.45, 7) is 0.389. The number of aromatic amines is 2. The number of aromatic nitrogens is 4. The molecule has 0 radical (unpaired) electrons. The minimum absolute atomic E-state index is 0.134. The van der Waals surface area contributed by atoms with Crippen molar-refractivity contribution in [3.63, 3.8) is 0 Å². The number of benzene rings is 2. The molecular formula is C22H16F4N4O4. The number of carbonyl (C=O) groups is 1. The van der Waals surface area contributed by atoms with E-state index < -0.39 is 12.1 Å². The molecule has 1 atom stereocenters. The topological polar surface area (TPSA) is 121 Å². The van der Waals surface area contributed by atoms with Crippen LogP contribution in [-0.2, 0) is 11.2 Å². The van der Waals surface area contributed by atoms with Crippen LogP contribution in [0.2, 0.25) is 0 Å². The molecule has 2 aromatic heterocycles. The van der Waals surface area contributed by atoms with Crippen LogP contribution in [0.1, 0.15) is 17.3 Å². The normalized spacial score (nSPS) is 15.1. The first kappa shape index (κ1) is 23.0. The number of fused-ring (bicyclic) bond motifs is 2. The van der Waals surface area contributed by atoms with E-state index in [0.717, 1.165) is 16.7 Å². The molecule has 0 saturated heterocycles. The highest BCUT2D eigenvalue weighted by Crippen LogP contribution is 2.32. The van der Waals surface area contributed by atoms with Gasteiger partial charge in [-0.25, -0.2) is 14.2 Å². The molecule has 2 aromatic carbocycles. The lowest BCUT2D eigenvalue weighted by Crippen LogP contribution is -2.24. The zero-order chi connectivity index (χ0) is 24.5. The van der Waals surface area contributed by atoms with E-state index in [0.29, 0.717) is 35.5 Å². The number of carboxylic acids is 1. The van der Waals surface area contributed by atoms with Gasteiger partial charge < -0.3 is 14.8 Å². The molecule has 0 amide bonds. The summed E-state index contributed by atoms with van der Waals surface area (Å²) in [5, 5.41) is 14.3. The maximum absolute atomic E-state index is 13.5. The molecule has 0 fully saturated rings. The molecule has 1 unspecified atom stereocenters. The Bertz CT molecular complexity index is 1400. The number of ether oxygens (including phenoxy) is 1. The van der Waals surface area contributed by atoms with E-state index in [1.54, 1.807) is 24.5 Å². The third kappa shape index (κ3) is 4.90. The summed E-state index contributed by atoms with van der Waals surface area (Å²) in [5.41, 5.74) is 2.99. The van der Waals surface area contributed by atoms with Gasteiger partial charge in [0.1, 0.15) is 17.4 Å². The van der Waals surface area contributed by atoms with Crippen LogP contribution in [0.25, 0.3) is 22.0 Å². The largest absolute Gasteiger partial charge is 0.493 e. The van der Waals surface area contributed by atoms with Crippen molar-refractivity contribution in [2.24, 2.45) is 0 Å². The molecule has 176 valence electrons. The minimum Gasteiger partial charge on any atom is -0.493 e. The predicted molar refractivity (Wildman–Crippen MR) is 112 cm³/mol. The molecule has 4 aromatic rings. The van der Waals surface area contributed by atoms with Gasteiger partial charge in [0, 0.05) is 11.8 Å². The molecule has 1 aliphatic heterocycles. The van der Waals surface area contributed by atoms with E-state index in [1.165, 1.54) is 12.1 Å². The van der Waals surface area contributed by atoms with Gasteiger partial charge in [-0.1, -0.05) is 6.07 Å². The lowest BCUT2D eigenvalue weighted by atomic mass is 9.95. The lowest BCUT2D eigenvalue weighted by Gasteiger charge is -2.24. The second kappa shape index (κ2) is 8.96. The highest BCUT2D eigenvalue weighted by Gasteiger charge is 2.38. The number of aliphatic carboxylic acids is 1. The monoisotopic (exact) mass is 476 g/mol. The Hall–Kier alpha value is -4.22. The van der Waals surface area contributed by atoms with Crippen molar-refractivity contribution >= 4 is 16.9 Å². The van der Waals surface area contributed by atoms with Crippen LogP contribution >= 0.6 is 0 Å². The number of carboxylic acid groups (broad SMARTS) is 1. The Morgan fingerprint density at radius 1 is 1.15 bits per heavy atom. The van der Waals surface area contributed by atoms with Gasteiger partial charge in [0.05, 0.1) is 29.6 Å². The Kier molecular flexibility index (Phi) is 6.05. The second-order valence-electron chi connectivity index (χ2n) is 7.44. The van der Waals surface area contributed by atoms with E-state index >= 15 is 0 Å². The number of nitrogens with zero attached hydrogens (tertiary/aromatic N) is 2. The molecule has 0 spiro atoms. The van der Waals surface area contributed by atoms with Crippen molar-refractivity contribution in [1.29, 1.82) is 0 Å². The van der Waals surface area contributed by atoms with Gasteiger partial charge in [0.25, 0.3) is 5.56 Å². The average Bonchev–Trinajstić information content (AvgIpc) is 3.33. The van der Waals surface area contributed by atoms with Gasteiger partial charge in [0.2, 0.25) is 0 Å². The summed E-state index contributed by atoms with van der Waals surface area (Å²) in [4.78, 5) is 29.0. The first-order valence-corrected chi connectivity index (χ1v) is 9.86. The Morgan fingerprint density at radius 3 is 2.59 bits per heavy atom. The van der Waals surface area contributed by atoms with Gasteiger partial charge in [-0.15, -0.1) is 0 Å². The molecule has 0 saturated carbocycles. The maximum Gasteiger partial charge on any atom is 0.490 e. The number of rotatable bonds is 2. The average molecular weight is 476 g/mol. The van der Waals surface area contributed by atoms with Gasteiger partial charge in [-0.2, -0.15) is 18.3 Å². The summed E-state index contributed by atoms with van der Waals surface area (Å²) < 4.78 is 51.0. The maximum atomic E-state index is 13.5. The van der Waals surface area contributed by atoms with E-state index in [2.05, 4.69) is 20.2 Å². The Morgan fingerprint density at radius 2 is 1.91 bits per heavy atom. The number of alkyl halides is 3. The van der Waals surface area contributed by atoms with E-state index in [-0.39, 0.29) is 17.3 Å². The summed E-state index contributed by atoms with van der Waals surface area (Å²) in [6, 6.07) is 10.0. The van der Waals surface area contributed by atoms with E-state index in [9.17, 15) is 22.4 Å². The van der Waals surface area contributed by atoms with Crippen LogP contribution in [0.5, 0.6) is 5.75 Å². The van der Waals surface area contributed by atoms with Crippen molar-refractivity contribution < 1.29 is 32.2 Å². The van der Waals surface area contributed by atoms with Crippen molar-refractivity contribution in [1.82, 2.24) is 20.2 Å².